The summed E-state index contributed by atoms with van der Waals surface area (Å²) in [4.78, 5) is 1.01. The highest BCUT2D eigenvalue weighted by atomic mass is 32.2. The maximum absolute atomic E-state index is 13.9. The van der Waals surface area contributed by atoms with Crippen LogP contribution in [0.1, 0.15) is 11.1 Å². The van der Waals surface area contributed by atoms with Crippen LogP contribution in [0.5, 0.6) is 5.75 Å². The molecule has 0 aliphatic rings. The van der Waals surface area contributed by atoms with E-state index in [0.717, 1.165) is 10.6 Å². The first-order valence-corrected chi connectivity index (χ1v) is 6.98. The SMILES string of the molecule is COc1cccc(SCc2ccc(C(=N)N)cc2F)c1. The third-order valence-corrected chi connectivity index (χ3v) is 3.84. The molecule has 20 heavy (non-hydrogen) atoms. The highest BCUT2D eigenvalue weighted by molar-refractivity contribution is 7.98. The van der Waals surface area contributed by atoms with Crippen LogP contribution in [0.25, 0.3) is 0 Å². The fourth-order valence-corrected chi connectivity index (χ4v) is 2.61. The fraction of sp³-hybridized carbons (Fsp3) is 0.133. The molecule has 0 amide bonds. The zero-order chi connectivity index (χ0) is 14.5. The summed E-state index contributed by atoms with van der Waals surface area (Å²) in [6, 6.07) is 12.3. The third kappa shape index (κ3) is 3.51. The van der Waals surface area contributed by atoms with Crippen molar-refractivity contribution >= 4 is 17.6 Å². The van der Waals surface area contributed by atoms with Gasteiger partial charge in [0, 0.05) is 16.2 Å². The van der Waals surface area contributed by atoms with Gasteiger partial charge in [-0.1, -0.05) is 18.2 Å². The number of hydrogen-bond acceptors (Lipinski definition) is 3. The maximum Gasteiger partial charge on any atom is 0.127 e. The number of benzene rings is 2. The molecule has 0 aliphatic carbocycles. The van der Waals surface area contributed by atoms with Gasteiger partial charge in [-0.05, 0) is 29.8 Å². The van der Waals surface area contributed by atoms with Crippen LogP contribution in [0, 0.1) is 11.2 Å². The first-order valence-electron chi connectivity index (χ1n) is 6.00. The Kier molecular flexibility index (Phi) is 4.63. The van der Waals surface area contributed by atoms with Crippen molar-refractivity contribution in [2.45, 2.75) is 10.6 Å². The van der Waals surface area contributed by atoms with E-state index in [4.69, 9.17) is 15.9 Å². The van der Waals surface area contributed by atoms with Crippen molar-refractivity contribution in [3.05, 3.63) is 59.4 Å². The smallest absolute Gasteiger partial charge is 0.127 e. The Morgan fingerprint density at radius 1 is 1.30 bits per heavy atom. The van der Waals surface area contributed by atoms with E-state index in [2.05, 4.69) is 0 Å². The summed E-state index contributed by atoms with van der Waals surface area (Å²) >= 11 is 1.53. The number of nitrogens with two attached hydrogens (primary N) is 1. The lowest BCUT2D eigenvalue weighted by Crippen LogP contribution is -2.11. The van der Waals surface area contributed by atoms with Crippen LogP contribution in [0.3, 0.4) is 0 Å². The fourth-order valence-electron chi connectivity index (χ4n) is 1.68. The predicted molar refractivity (Wildman–Crippen MR) is 80.0 cm³/mol. The number of amidine groups is 1. The number of hydrogen-bond donors (Lipinski definition) is 2. The second-order valence-electron chi connectivity index (χ2n) is 4.19. The van der Waals surface area contributed by atoms with Gasteiger partial charge in [-0.25, -0.2) is 4.39 Å². The minimum atomic E-state index is -0.340. The first-order chi connectivity index (χ1) is 9.60. The first kappa shape index (κ1) is 14.4. The monoisotopic (exact) mass is 290 g/mol. The maximum atomic E-state index is 13.9. The van der Waals surface area contributed by atoms with Gasteiger partial charge in [-0.15, -0.1) is 11.8 Å². The molecular weight excluding hydrogens is 275 g/mol. The molecule has 0 saturated heterocycles. The van der Waals surface area contributed by atoms with Gasteiger partial charge in [-0.3, -0.25) is 5.41 Å². The Morgan fingerprint density at radius 2 is 2.10 bits per heavy atom. The van der Waals surface area contributed by atoms with Crippen molar-refractivity contribution < 1.29 is 9.13 Å². The largest absolute Gasteiger partial charge is 0.497 e. The minimum Gasteiger partial charge on any atom is -0.497 e. The predicted octanol–water partition coefficient (Wildman–Crippen LogP) is 3.41. The number of rotatable bonds is 5. The number of halogens is 1. The van der Waals surface area contributed by atoms with E-state index in [1.807, 2.05) is 24.3 Å². The molecule has 0 unspecified atom stereocenters. The minimum absolute atomic E-state index is 0.129. The van der Waals surface area contributed by atoms with Crippen LogP contribution < -0.4 is 10.5 Å². The lowest BCUT2D eigenvalue weighted by molar-refractivity contribution is 0.413. The van der Waals surface area contributed by atoms with Crippen molar-refractivity contribution in [1.82, 2.24) is 0 Å². The van der Waals surface area contributed by atoms with E-state index in [0.29, 0.717) is 16.9 Å². The van der Waals surface area contributed by atoms with Gasteiger partial charge in [-0.2, -0.15) is 0 Å². The van der Waals surface area contributed by atoms with Gasteiger partial charge >= 0.3 is 0 Å². The van der Waals surface area contributed by atoms with Gasteiger partial charge in [0.25, 0.3) is 0 Å². The van der Waals surface area contributed by atoms with Crippen molar-refractivity contribution in [2.24, 2.45) is 5.73 Å². The summed E-state index contributed by atoms with van der Waals surface area (Å²) in [5.74, 6) is 0.823. The zero-order valence-corrected chi connectivity index (χ0v) is 11.8. The highest BCUT2D eigenvalue weighted by Gasteiger charge is 2.06. The van der Waals surface area contributed by atoms with E-state index in [1.165, 1.54) is 17.8 Å². The molecule has 3 nitrogen and oxygen atoms in total. The van der Waals surface area contributed by atoms with E-state index in [9.17, 15) is 4.39 Å². The Labute approximate surface area is 121 Å². The molecule has 3 N–H and O–H groups in total. The van der Waals surface area contributed by atoms with Crippen LogP contribution in [0.4, 0.5) is 4.39 Å². The van der Waals surface area contributed by atoms with Gasteiger partial charge in [0.1, 0.15) is 17.4 Å². The van der Waals surface area contributed by atoms with Gasteiger partial charge < -0.3 is 10.5 Å². The van der Waals surface area contributed by atoms with Crippen molar-refractivity contribution in [1.29, 1.82) is 5.41 Å². The highest BCUT2D eigenvalue weighted by Crippen LogP contribution is 2.27. The summed E-state index contributed by atoms with van der Waals surface area (Å²) in [7, 11) is 1.62. The average molecular weight is 290 g/mol. The number of ether oxygens (including phenoxy) is 1. The van der Waals surface area contributed by atoms with E-state index in [-0.39, 0.29) is 11.7 Å². The zero-order valence-electron chi connectivity index (χ0n) is 11.0. The molecule has 0 saturated carbocycles. The van der Waals surface area contributed by atoms with Crippen LogP contribution in [0.2, 0.25) is 0 Å². The molecule has 0 aliphatic heterocycles. The second kappa shape index (κ2) is 6.43. The number of thioether (sulfide) groups is 1. The van der Waals surface area contributed by atoms with Gasteiger partial charge in [0.05, 0.1) is 7.11 Å². The van der Waals surface area contributed by atoms with Gasteiger partial charge in [0.15, 0.2) is 0 Å². The van der Waals surface area contributed by atoms with Crippen LogP contribution in [-0.4, -0.2) is 12.9 Å². The third-order valence-electron chi connectivity index (χ3n) is 2.80. The molecule has 0 radical (unpaired) electrons. The van der Waals surface area contributed by atoms with Crippen LogP contribution in [-0.2, 0) is 5.75 Å². The molecule has 0 heterocycles. The molecule has 0 bridgehead atoms. The Bertz CT molecular complexity index is 631. The molecule has 2 aromatic carbocycles. The molecule has 0 fully saturated rings. The molecule has 0 aromatic heterocycles. The number of nitrogens with one attached hydrogen (secondary N) is 1. The molecule has 104 valence electrons. The molecule has 2 rings (SSSR count). The summed E-state index contributed by atoms with van der Waals surface area (Å²) in [5.41, 5.74) is 6.31. The Balaban J connectivity index is 2.08. The molecule has 2 aromatic rings. The second-order valence-corrected chi connectivity index (χ2v) is 5.24. The molecule has 5 heteroatoms. The topological polar surface area (TPSA) is 59.1 Å². The summed E-state index contributed by atoms with van der Waals surface area (Å²) in [5, 5.41) is 7.28. The van der Waals surface area contributed by atoms with Gasteiger partial charge in [0.2, 0.25) is 0 Å². The standard InChI is InChI=1S/C15H15FN2OS/c1-19-12-3-2-4-13(8-12)20-9-11-6-5-10(15(17)18)7-14(11)16/h2-8H,9H2,1H3,(H3,17,18). The van der Waals surface area contributed by atoms with Crippen LogP contribution >= 0.6 is 11.8 Å². The summed E-state index contributed by atoms with van der Waals surface area (Å²) < 4.78 is 19.0. The lowest BCUT2D eigenvalue weighted by atomic mass is 10.1. The summed E-state index contributed by atoms with van der Waals surface area (Å²) in [6.07, 6.45) is 0. The quantitative estimate of drug-likeness (QED) is 0.504. The molecule has 0 spiro atoms. The van der Waals surface area contributed by atoms with Crippen molar-refractivity contribution in [2.75, 3.05) is 7.11 Å². The van der Waals surface area contributed by atoms with E-state index < -0.39 is 0 Å². The summed E-state index contributed by atoms with van der Waals surface area (Å²) in [6.45, 7) is 0. The molecule has 0 atom stereocenters. The van der Waals surface area contributed by atoms with E-state index in [1.54, 1.807) is 19.2 Å². The van der Waals surface area contributed by atoms with E-state index >= 15 is 0 Å². The average Bonchev–Trinajstić information content (AvgIpc) is 2.46. The number of nitrogen functional groups attached to an aromatic ring is 1. The Hall–Kier alpha value is -2.01. The lowest BCUT2D eigenvalue weighted by Gasteiger charge is -2.07. The van der Waals surface area contributed by atoms with Crippen molar-refractivity contribution in [3.63, 3.8) is 0 Å². The Morgan fingerprint density at radius 3 is 2.75 bits per heavy atom. The number of methoxy groups -OCH3 is 1. The van der Waals surface area contributed by atoms with Crippen LogP contribution in [0.15, 0.2) is 47.4 Å². The normalized spacial score (nSPS) is 10.3. The van der Waals surface area contributed by atoms with Crippen molar-refractivity contribution in [3.8, 4) is 5.75 Å². The molecular formula is C15H15FN2OS.